The highest BCUT2D eigenvalue weighted by Gasteiger charge is 2.21. The molecule has 5 heteroatoms. The molecule has 0 spiro atoms. The van der Waals surface area contributed by atoms with Crippen LogP contribution in [-0.4, -0.2) is 24.1 Å². The lowest BCUT2D eigenvalue weighted by molar-refractivity contribution is 0.296. The Labute approximate surface area is 222 Å². The van der Waals surface area contributed by atoms with Gasteiger partial charge in [0.25, 0.3) is 0 Å². The van der Waals surface area contributed by atoms with Crippen LogP contribution in [-0.2, 0) is 0 Å². The second-order valence-corrected chi connectivity index (χ2v) is 10.5. The zero-order valence-electron chi connectivity index (χ0n) is 22.9. The lowest BCUT2D eigenvalue weighted by atomic mass is 10.0. The van der Waals surface area contributed by atoms with Crippen LogP contribution >= 0.6 is 15.9 Å². The number of benzene rings is 2. The van der Waals surface area contributed by atoms with Crippen molar-refractivity contribution >= 4 is 15.9 Å². The molecule has 2 aromatic carbocycles. The van der Waals surface area contributed by atoms with Gasteiger partial charge in [-0.15, -0.1) is 0 Å². The first kappa shape index (κ1) is 32.5. The summed E-state index contributed by atoms with van der Waals surface area (Å²) in [6.07, 6.45) is 2.84. The molecule has 0 bridgehead atoms. The predicted molar refractivity (Wildman–Crippen MR) is 152 cm³/mol. The van der Waals surface area contributed by atoms with Gasteiger partial charge in [-0.1, -0.05) is 28.1 Å². The van der Waals surface area contributed by atoms with Crippen LogP contribution in [0.5, 0.6) is 11.5 Å². The van der Waals surface area contributed by atoms with Crippen LogP contribution in [0.15, 0.2) is 36.4 Å². The van der Waals surface area contributed by atoms with Gasteiger partial charge < -0.3 is 14.3 Å². The molecule has 0 fully saturated rings. The fourth-order valence-corrected chi connectivity index (χ4v) is 3.26. The van der Waals surface area contributed by atoms with Gasteiger partial charge in [-0.05, 0) is 101 Å². The van der Waals surface area contributed by atoms with Gasteiger partial charge in [0.1, 0.15) is 11.5 Å². The van der Waals surface area contributed by atoms with E-state index in [1.54, 1.807) is 0 Å². The summed E-state index contributed by atoms with van der Waals surface area (Å²) in [6, 6.07) is 14.6. The van der Waals surface area contributed by atoms with Crippen LogP contribution in [0, 0.1) is 51.5 Å². The zero-order valence-corrected chi connectivity index (χ0v) is 24.5. The minimum absolute atomic E-state index is 0.190. The molecule has 4 nitrogen and oxygen atoms in total. The molecule has 0 aliphatic heterocycles. The largest absolute Gasteiger partial charge is 0.494 e. The SMILES string of the molecule is CC(C)C#N.Cc1cc(C)cc(OCCCBr)c1.[C-]#[N+]C(C)(C)CCCOc1cc(C)cc(C)c1. The Bertz CT molecular complexity index is 915. The number of hydrogen-bond donors (Lipinski definition) is 0. The summed E-state index contributed by atoms with van der Waals surface area (Å²) in [6.45, 7) is 24.5. The van der Waals surface area contributed by atoms with E-state index in [1.807, 2.05) is 45.9 Å². The normalized spacial score (nSPS) is 10.2. The number of rotatable bonds is 9. The fraction of sp³-hybridized carbons (Fsp3) is 0.533. The molecule has 0 amide bonds. The van der Waals surface area contributed by atoms with E-state index < -0.39 is 0 Å². The van der Waals surface area contributed by atoms with Crippen molar-refractivity contribution in [2.75, 3.05) is 18.5 Å². The number of hydrogen-bond acceptors (Lipinski definition) is 3. The van der Waals surface area contributed by atoms with Gasteiger partial charge in [-0.25, -0.2) is 6.57 Å². The van der Waals surface area contributed by atoms with E-state index in [0.717, 1.165) is 42.7 Å². The number of nitriles is 1. The lowest BCUT2D eigenvalue weighted by Crippen LogP contribution is -2.15. The summed E-state index contributed by atoms with van der Waals surface area (Å²) in [5.74, 6) is 2.11. The second kappa shape index (κ2) is 17.9. The van der Waals surface area contributed by atoms with E-state index in [9.17, 15) is 0 Å². The van der Waals surface area contributed by atoms with Gasteiger partial charge >= 0.3 is 0 Å². The number of aryl methyl sites for hydroxylation is 4. The van der Waals surface area contributed by atoms with Crippen molar-refractivity contribution in [3.63, 3.8) is 0 Å². The average molecular weight is 544 g/mol. The number of alkyl halides is 1. The van der Waals surface area contributed by atoms with Gasteiger partial charge in [0, 0.05) is 31.5 Å². The maximum Gasteiger partial charge on any atom is 0.227 e. The molecule has 0 atom stereocenters. The molecule has 0 radical (unpaired) electrons. The van der Waals surface area contributed by atoms with Gasteiger partial charge in [0.05, 0.1) is 19.3 Å². The van der Waals surface area contributed by atoms with E-state index in [1.165, 1.54) is 22.3 Å². The Hall–Kier alpha value is -2.50. The summed E-state index contributed by atoms with van der Waals surface area (Å²) in [5, 5.41) is 8.89. The van der Waals surface area contributed by atoms with Crippen molar-refractivity contribution in [1.29, 1.82) is 5.26 Å². The first-order valence-electron chi connectivity index (χ1n) is 12.2. The van der Waals surface area contributed by atoms with Crippen molar-refractivity contribution < 1.29 is 9.47 Å². The van der Waals surface area contributed by atoms with Crippen molar-refractivity contribution in [2.45, 2.75) is 80.2 Å². The summed E-state index contributed by atoms with van der Waals surface area (Å²) >= 11 is 3.37. The molecule has 192 valence electrons. The van der Waals surface area contributed by atoms with Gasteiger partial charge in [0.15, 0.2) is 0 Å². The Morgan fingerprint density at radius 3 is 1.54 bits per heavy atom. The van der Waals surface area contributed by atoms with Crippen molar-refractivity contribution in [3.8, 4) is 17.6 Å². The first-order chi connectivity index (χ1) is 16.4. The molecule has 0 saturated carbocycles. The first-order valence-corrected chi connectivity index (χ1v) is 13.3. The van der Waals surface area contributed by atoms with E-state index in [-0.39, 0.29) is 11.5 Å². The Kier molecular flexibility index (Phi) is 16.6. The van der Waals surface area contributed by atoms with E-state index in [4.69, 9.17) is 21.3 Å². The maximum atomic E-state index is 7.89. The Morgan fingerprint density at radius 2 is 1.23 bits per heavy atom. The van der Waals surface area contributed by atoms with Gasteiger partial charge in [0.2, 0.25) is 5.54 Å². The van der Waals surface area contributed by atoms with E-state index >= 15 is 0 Å². The highest BCUT2D eigenvalue weighted by atomic mass is 79.9. The van der Waals surface area contributed by atoms with E-state index in [2.05, 4.69) is 72.7 Å². The van der Waals surface area contributed by atoms with Crippen LogP contribution in [0.1, 0.15) is 69.2 Å². The van der Waals surface area contributed by atoms with Crippen LogP contribution < -0.4 is 9.47 Å². The predicted octanol–water partition coefficient (Wildman–Crippen LogP) is 8.79. The smallest absolute Gasteiger partial charge is 0.227 e. The lowest BCUT2D eigenvalue weighted by Gasteiger charge is -2.12. The van der Waals surface area contributed by atoms with Gasteiger partial charge in [-0.2, -0.15) is 5.26 Å². The van der Waals surface area contributed by atoms with Crippen LogP contribution in [0.3, 0.4) is 0 Å². The molecule has 0 aromatic heterocycles. The topological polar surface area (TPSA) is 46.6 Å². The molecule has 2 rings (SSSR count). The number of ether oxygens (including phenoxy) is 2. The third kappa shape index (κ3) is 17.6. The Morgan fingerprint density at radius 1 is 0.857 bits per heavy atom. The molecule has 0 heterocycles. The molecular formula is C30H43BrN2O2. The van der Waals surface area contributed by atoms with Crippen molar-refractivity contribution in [3.05, 3.63) is 70.1 Å². The van der Waals surface area contributed by atoms with E-state index in [0.29, 0.717) is 6.61 Å². The fourth-order valence-electron chi connectivity index (χ4n) is 3.03. The molecule has 0 aliphatic carbocycles. The summed E-state index contributed by atoms with van der Waals surface area (Å²) in [5.41, 5.74) is 4.71. The van der Waals surface area contributed by atoms with Crippen LogP contribution in [0.2, 0.25) is 0 Å². The molecule has 0 unspecified atom stereocenters. The summed E-state index contributed by atoms with van der Waals surface area (Å²) < 4.78 is 11.3. The number of nitrogens with zero attached hydrogens (tertiary/aromatic N) is 2. The molecule has 0 saturated heterocycles. The minimum Gasteiger partial charge on any atom is -0.494 e. The van der Waals surface area contributed by atoms with Gasteiger partial charge in [-0.3, -0.25) is 0 Å². The standard InChI is InChI=1S/C15H21NO.C11H15BrO.C4H7N/c1-12-9-13(2)11-14(10-12)17-8-6-7-15(3,4)16-5;1-9-6-10(2)8-11(7-9)13-5-3-4-12;1-4(2)3-5/h9-11H,6-8H2,1-4H3;6-8H,3-5H2,1-2H3;4H,1-2H3. The highest BCUT2D eigenvalue weighted by molar-refractivity contribution is 9.09. The minimum atomic E-state index is -0.258. The maximum absolute atomic E-state index is 7.89. The summed E-state index contributed by atoms with van der Waals surface area (Å²) in [7, 11) is 0. The van der Waals surface area contributed by atoms with Crippen LogP contribution in [0.25, 0.3) is 4.85 Å². The quantitative estimate of drug-likeness (QED) is 0.180. The monoisotopic (exact) mass is 542 g/mol. The third-order valence-corrected chi connectivity index (χ3v) is 5.26. The van der Waals surface area contributed by atoms with Crippen molar-refractivity contribution in [2.24, 2.45) is 5.92 Å². The van der Waals surface area contributed by atoms with Crippen molar-refractivity contribution in [1.82, 2.24) is 0 Å². The highest BCUT2D eigenvalue weighted by Crippen LogP contribution is 2.19. The molecule has 0 aliphatic rings. The van der Waals surface area contributed by atoms with Crippen LogP contribution in [0.4, 0.5) is 0 Å². The Balaban J connectivity index is 0.000000567. The third-order valence-electron chi connectivity index (χ3n) is 4.70. The molecule has 0 N–H and O–H groups in total. The zero-order chi connectivity index (χ0) is 26.9. The average Bonchev–Trinajstić information content (AvgIpc) is 2.76. The second-order valence-electron chi connectivity index (χ2n) is 9.70. The summed E-state index contributed by atoms with van der Waals surface area (Å²) in [4.78, 5) is 3.59. The molecular weight excluding hydrogens is 500 g/mol. The molecule has 35 heavy (non-hydrogen) atoms. The molecule has 2 aromatic rings. The number of halogens is 1.